The number of Topliss-reactive ketones (excluding diaryl/α,β-unsaturated/α-hetero) is 1. The number of methoxy groups -OCH3 is 2. The Bertz CT molecular complexity index is 2040. The van der Waals surface area contributed by atoms with Gasteiger partial charge in [0.15, 0.2) is 11.6 Å². The molecule has 3 aromatic rings. The molecule has 10 heteroatoms. The molecule has 1 heterocycles. The van der Waals surface area contributed by atoms with Crippen LogP contribution in [0.1, 0.15) is 35.4 Å². The summed E-state index contributed by atoms with van der Waals surface area (Å²) in [6.07, 6.45) is 7.36. The van der Waals surface area contributed by atoms with Crippen LogP contribution in [0.25, 0.3) is 12.2 Å². The van der Waals surface area contributed by atoms with Gasteiger partial charge in [-0.05, 0) is 88.8 Å². The lowest BCUT2D eigenvalue weighted by Crippen LogP contribution is -2.39. The van der Waals surface area contributed by atoms with E-state index in [0.29, 0.717) is 27.8 Å². The van der Waals surface area contributed by atoms with Gasteiger partial charge in [0.1, 0.15) is 17.2 Å². The van der Waals surface area contributed by atoms with Gasteiger partial charge in [0.05, 0.1) is 36.2 Å². The van der Waals surface area contributed by atoms with Crippen molar-refractivity contribution in [3.05, 3.63) is 116 Å². The molecule has 4 aliphatic rings. The fourth-order valence-corrected chi connectivity index (χ4v) is 8.09. The SMILES string of the molecule is COc1ccc(OC)c(C=Cc2ccc(N3C(=O)C4CC=C5C(c6cc(Cl)ccc6O)C6=C(CC5C4C3=O)C(=O)C(Br)=CC6=O)cc2)c1. The van der Waals surface area contributed by atoms with E-state index in [2.05, 4.69) is 15.9 Å². The Morgan fingerprint density at radius 2 is 1.69 bits per heavy atom. The van der Waals surface area contributed by atoms with Crippen LogP contribution >= 0.6 is 27.5 Å². The van der Waals surface area contributed by atoms with Gasteiger partial charge in [0.2, 0.25) is 11.8 Å². The first-order valence-electron chi connectivity index (χ1n) is 15.4. The summed E-state index contributed by atoms with van der Waals surface area (Å²) in [5, 5.41) is 11.3. The minimum absolute atomic E-state index is 0.0803. The number of amides is 2. The molecule has 48 heavy (non-hydrogen) atoms. The van der Waals surface area contributed by atoms with Crippen LogP contribution in [0.4, 0.5) is 5.69 Å². The van der Waals surface area contributed by atoms with Crippen molar-refractivity contribution < 1.29 is 33.8 Å². The standard InChI is InChI=1S/C38H29BrClNO7/c1-47-23-10-14-32(48-2)20(15-23)6-3-19-4-8-22(9-5-19)41-37(45)25-12-11-24-26(34(25)38(41)46)17-28-35(31(43)18-29(39)36(28)44)33(24)27-16-21(40)7-13-30(27)42/h3-11,13-16,18,25-26,33-34,42H,12,17H2,1-2H3. The number of anilines is 1. The molecule has 242 valence electrons. The number of aromatic hydroxyl groups is 1. The molecular formula is C38H29BrClNO7. The smallest absolute Gasteiger partial charge is 0.238 e. The predicted octanol–water partition coefficient (Wildman–Crippen LogP) is 7.20. The van der Waals surface area contributed by atoms with E-state index in [1.165, 1.54) is 17.0 Å². The van der Waals surface area contributed by atoms with Crippen molar-refractivity contribution in [1.82, 2.24) is 0 Å². The van der Waals surface area contributed by atoms with Crippen LogP contribution in [-0.2, 0) is 19.2 Å². The van der Waals surface area contributed by atoms with E-state index in [-0.39, 0.29) is 57.6 Å². The molecule has 1 aliphatic heterocycles. The summed E-state index contributed by atoms with van der Waals surface area (Å²) in [4.78, 5) is 56.3. The van der Waals surface area contributed by atoms with Gasteiger partial charge in [-0.15, -0.1) is 0 Å². The van der Waals surface area contributed by atoms with Gasteiger partial charge in [0, 0.05) is 39.3 Å². The maximum Gasteiger partial charge on any atom is 0.238 e. The number of ether oxygens (including phenoxy) is 2. The minimum Gasteiger partial charge on any atom is -0.508 e. The molecule has 2 amide bonds. The van der Waals surface area contributed by atoms with Gasteiger partial charge in [-0.25, -0.2) is 0 Å². The van der Waals surface area contributed by atoms with Crippen LogP contribution in [0.2, 0.25) is 5.02 Å². The van der Waals surface area contributed by atoms with Gasteiger partial charge >= 0.3 is 0 Å². The Hall–Kier alpha value is -4.73. The Morgan fingerprint density at radius 3 is 2.42 bits per heavy atom. The van der Waals surface area contributed by atoms with Crippen molar-refractivity contribution in [1.29, 1.82) is 0 Å². The molecule has 1 N–H and O–H groups in total. The molecule has 0 spiro atoms. The van der Waals surface area contributed by atoms with Crippen molar-refractivity contribution in [2.75, 3.05) is 19.1 Å². The highest BCUT2D eigenvalue weighted by Gasteiger charge is 2.56. The zero-order chi connectivity index (χ0) is 33.9. The number of hydrogen-bond acceptors (Lipinski definition) is 7. The summed E-state index contributed by atoms with van der Waals surface area (Å²) in [5.74, 6) is -2.76. The average molecular weight is 727 g/mol. The molecule has 1 fully saturated rings. The largest absolute Gasteiger partial charge is 0.508 e. The lowest BCUT2D eigenvalue weighted by atomic mass is 9.59. The molecule has 0 bridgehead atoms. The van der Waals surface area contributed by atoms with Gasteiger partial charge in [-0.2, -0.15) is 0 Å². The molecule has 3 aliphatic carbocycles. The minimum atomic E-state index is -0.794. The van der Waals surface area contributed by atoms with Gasteiger partial charge < -0.3 is 14.6 Å². The van der Waals surface area contributed by atoms with Crippen molar-refractivity contribution in [3.8, 4) is 17.2 Å². The van der Waals surface area contributed by atoms with E-state index in [0.717, 1.165) is 16.7 Å². The van der Waals surface area contributed by atoms with Crippen molar-refractivity contribution >= 4 is 68.8 Å². The quantitative estimate of drug-likeness (QED) is 0.124. The van der Waals surface area contributed by atoms with E-state index >= 15 is 0 Å². The number of carbonyl (C=O) groups is 4. The lowest BCUT2D eigenvalue weighted by molar-refractivity contribution is -0.123. The van der Waals surface area contributed by atoms with E-state index in [1.54, 1.807) is 38.5 Å². The molecule has 3 aromatic carbocycles. The van der Waals surface area contributed by atoms with Crippen molar-refractivity contribution in [3.63, 3.8) is 0 Å². The number of phenolic OH excluding ortho intramolecular Hbond substituents is 1. The monoisotopic (exact) mass is 725 g/mol. The summed E-state index contributed by atoms with van der Waals surface area (Å²) in [6.45, 7) is 0. The predicted molar refractivity (Wildman–Crippen MR) is 185 cm³/mol. The number of allylic oxidation sites excluding steroid dienone is 6. The number of benzene rings is 3. The van der Waals surface area contributed by atoms with Gasteiger partial charge in [-0.3, -0.25) is 24.1 Å². The lowest BCUT2D eigenvalue weighted by Gasteiger charge is -2.42. The van der Waals surface area contributed by atoms with Crippen molar-refractivity contribution in [2.45, 2.75) is 18.8 Å². The molecule has 7 rings (SSSR count). The Balaban J connectivity index is 1.21. The fraction of sp³-hybridized carbons (Fsp3) is 0.211. The van der Waals surface area contributed by atoms with Crippen LogP contribution in [-0.4, -0.2) is 42.7 Å². The number of imide groups is 1. The number of halogens is 2. The molecular weight excluding hydrogens is 698 g/mol. The highest BCUT2D eigenvalue weighted by atomic mass is 79.9. The maximum absolute atomic E-state index is 14.2. The number of fused-ring (bicyclic) bond motifs is 3. The Morgan fingerprint density at radius 1 is 0.917 bits per heavy atom. The first-order valence-corrected chi connectivity index (χ1v) is 16.5. The first-order chi connectivity index (χ1) is 23.1. The Kier molecular flexibility index (Phi) is 8.21. The van der Waals surface area contributed by atoms with Crippen LogP contribution in [0.15, 0.2) is 94.0 Å². The average Bonchev–Trinajstić information content (AvgIpc) is 3.35. The number of nitrogens with zero attached hydrogens (tertiary/aromatic N) is 1. The topological polar surface area (TPSA) is 110 Å². The normalized spacial score (nSPS) is 23.5. The number of ketones is 2. The van der Waals surface area contributed by atoms with Crippen LogP contribution in [0.3, 0.4) is 0 Å². The summed E-state index contributed by atoms with van der Waals surface area (Å²) in [7, 11) is 3.20. The molecule has 8 nitrogen and oxygen atoms in total. The van der Waals surface area contributed by atoms with E-state index in [4.69, 9.17) is 21.1 Å². The number of rotatable bonds is 6. The second-order valence-corrected chi connectivity index (χ2v) is 13.4. The molecule has 4 unspecified atom stereocenters. The second kappa shape index (κ2) is 12.4. The molecule has 0 aromatic heterocycles. The molecule has 4 atom stereocenters. The molecule has 0 radical (unpaired) electrons. The summed E-state index contributed by atoms with van der Waals surface area (Å²) < 4.78 is 10.9. The summed E-state index contributed by atoms with van der Waals surface area (Å²) in [6, 6.07) is 17.2. The Labute approximate surface area is 290 Å². The summed E-state index contributed by atoms with van der Waals surface area (Å²) >= 11 is 9.58. The van der Waals surface area contributed by atoms with Crippen LogP contribution in [0.5, 0.6) is 17.2 Å². The van der Waals surface area contributed by atoms with E-state index in [1.807, 2.05) is 48.6 Å². The zero-order valence-corrected chi connectivity index (χ0v) is 28.2. The third kappa shape index (κ3) is 5.22. The number of carbonyl (C=O) groups excluding carboxylic acids is 4. The highest BCUT2D eigenvalue weighted by Crippen LogP contribution is 2.56. The maximum atomic E-state index is 14.2. The molecule has 1 saturated heterocycles. The zero-order valence-electron chi connectivity index (χ0n) is 25.9. The van der Waals surface area contributed by atoms with Gasteiger partial charge in [0.25, 0.3) is 0 Å². The molecule has 0 saturated carbocycles. The van der Waals surface area contributed by atoms with Gasteiger partial charge in [-0.1, -0.05) is 47.5 Å². The third-order valence-electron chi connectivity index (χ3n) is 9.68. The van der Waals surface area contributed by atoms with Crippen molar-refractivity contribution in [2.24, 2.45) is 17.8 Å². The van der Waals surface area contributed by atoms with Crippen LogP contribution in [0, 0.1) is 17.8 Å². The first kappa shape index (κ1) is 31.8. The van der Waals surface area contributed by atoms with E-state index in [9.17, 15) is 24.3 Å². The second-order valence-electron chi connectivity index (χ2n) is 12.1. The number of phenols is 1. The fourth-order valence-electron chi connectivity index (χ4n) is 7.46. The number of hydrogen-bond donors (Lipinski definition) is 1. The third-order valence-corrected chi connectivity index (χ3v) is 10.5. The van der Waals surface area contributed by atoms with Crippen LogP contribution < -0.4 is 14.4 Å². The van der Waals surface area contributed by atoms with E-state index < -0.39 is 23.7 Å². The summed E-state index contributed by atoms with van der Waals surface area (Å²) in [5.41, 5.74) is 3.78. The highest BCUT2D eigenvalue weighted by molar-refractivity contribution is 9.12.